The Morgan fingerprint density at radius 2 is 1.83 bits per heavy atom. The van der Waals surface area contributed by atoms with E-state index in [1.807, 2.05) is 5.32 Å². The van der Waals surface area contributed by atoms with Crippen LogP contribution in [0.25, 0.3) is 0 Å². The summed E-state index contributed by atoms with van der Waals surface area (Å²) in [6.07, 6.45) is -3.32. The molecule has 3 rings (SSSR count). The molecule has 1 atom stereocenters. The molecule has 2 aromatic rings. The third kappa shape index (κ3) is 4.60. The number of fused-ring (bicyclic) bond motifs is 1. The van der Waals surface area contributed by atoms with Crippen LogP contribution in [0.5, 0.6) is 0 Å². The maximum absolute atomic E-state index is 13.2. The topological polar surface area (TPSA) is 92.2 Å². The molecule has 0 unspecified atom stereocenters. The van der Waals surface area contributed by atoms with Crippen LogP contribution in [-0.2, 0) is 13.1 Å². The Balaban J connectivity index is 1.72. The van der Waals surface area contributed by atoms with Crippen molar-refractivity contribution in [1.82, 2.24) is 24.8 Å². The summed E-state index contributed by atoms with van der Waals surface area (Å²) in [4.78, 5) is 32.6. The molecule has 1 aliphatic rings. The minimum atomic E-state index is -4.61. The number of hydrogen-bond acceptors (Lipinski definition) is 4. The summed E-state index contributed by atoms with van der Waals surface area (Å²) in [5, 5.41) is 4.12. The van der Waals surface area contributed by atoms with Gasteiger partial charge in [-0.15, -0.1) is 0 Å². The summed E-state index contributed by atoms with van der Waals surface area (Å²) >= 11 is 0. The molecule has 3 amide bonds. The van der Waals surface area contributed by atoms with Gasteiger partial charge in [0.05, 0.1) is 24.3 Å². The van der Waals surface area contributed by atoms with Crippen molar-refractivity contribution in [2.24, 2.45) is 0 Å². The summed E-state index contributed by atoms with van der Waals surface area (Å²) in [5.41, 5.74) is -0.152. The van der Waals surface area contributed by atoms with Crippen LogP contribution in [0.2, 0.25) is 0 Å². The number of carbonyl (C=O) groups is 2. The van der Waals surface area contributed by atoms with E-state index in [0.29, 0.717) is 0 Å². The van der Waals surface area contributed by atoms with Gasteiger partial charge in [-0.25, -0.2) is 9.78 Å². The van der Waals surface area contributed by atoms with Crippen LogP contribution in [0.15, 0.2) is 18.5 Å². The van der Waals surface area contributed by atoms with Crippen molar-refractivity contribution < 1.29 is 31.5 Å². The Bertz CT molecular complexity index is 924. The molecule has 8 nitrogen and oxygen atoms in total. The molecule has 0 fully saturated rings. The zero-order valence-electron chi connectivity index (χ0n) is 14.9. The summed E-state index contributed by atoms with van der Waals surface area (Å²) in [6.45, 7) is 1.08. The van der Waals surface area contributed by atoms with Gasteiger partial charge >= 0.3 is 12.2 Å². The summed E-state index contributed by atoms with van der Waals surface area (Å²) in [5.74, 6) is -3.26. The number of aromatic nitrogens is 3. The smallest absolute Gasteiger partial charge is 0.339 e. The lowest BCUT2D eigenvalue weighted by molar-refractivity contribution is -0.149. The number of hydrogen-bond donors (Lipinski definition) is 2. The van der Waals surface area contributed by atoms with Crippen molar-refractivity contribution in [1.29, 1.82) is 0 Å². The number of halogens is 5. The fourth-order valence-electron chi connectivity index (χ4n) is 2.70. The van der Waals surface area contributed by atoms with Crippen molar-refractivity contribution in [3.05, 3.63) is 41.7 Å². The number of imidazole rings is 1. The van der Waals surface area contributed by atoms with E-state index in [9.17, 15) is 31.5 Å². The minimum absolute atomic E-state index is 0.134. The second kappa shape index (κ2) is 7.64. The van der Waals surface area contributed by atoms with Gasteiger partial charge in [-0.3, -0.25) is 4.79 Å². The lowest BCUT2D eigenvalue weighted by Crippen LogP contribution is -2.44. The molecule has 2 N–H and O–H groups in total. The van der Waals surface area contributed by atoms with Gasteiger partial charge in [0.1, 0.15) is 6.04 Å². The van der Waals surface area contributed by atoms with Crippen molar-refractivity contribution in [3.63, 3.8) is 0 Å². The third-order valence-corrected chi connectivity index (χ3v) is 4.25. The molecule has 1 aliphatic heterocycles. The van der Waals surface area contributed by atoms with E-state index in [1.54, 1.807) is 4.57 Å². The fourth-order valence-corrected chi connectivity index (χ4v) is 2.70. The summed E-state index contributed by atoms with van der Waals surface area (Å²) in [7, 11) is 0. The molecule has 0 aromatic carbocycles. The zero-order chi connectivity index (χ0) is 21.3. The highest BCUT2D eigenvalue weighted by molar-refractivity contribution is 5.94. The standard InChI is InChI=1S/C16H15F5N6O2/c1-8(16(19,20)21)23-14(28)13-10-6-26(2-3-27(10)7-22-13)15(29)24-9-4-11(17)25-12(18)5-9/h4-5,7-8H,2-3,6H2,1H3,(H,23,28)(H,24,25,29)/t8-/m1/s1. The van der Waals surface area contributed by atoms with Crippen molar-refractivity contribution >= 4 is 17.6 Å². The van der Waals surface area contributed by atoms with Gasteiger partial charge in [0.2, 0.25) is 11.9 Å². The number of nitrogens with zero attached hydrogens (tertiary/aromatic N) is 4. The minimum Gasteiger partial charge on any atom is -0.339 e. The van der Waals surface area contributed by atoms with Crippen molar-refractivity contribution in [2.45, 2.75) is 32.2 Å². The highest BCUT2D eigenvalue weighted by atomic mass is 19.4. The van der Waals surface area contributed by atoms with E-state index < -0.39 is 36.1 Å². The maximum atomic E-state index is 13.2. The SMILES string of the molecule is C[C@@H](NC(=O)c1ncn2c1CN(C(=O)Nc1cc(F)nc(F)c1)CC2)C(F)(F)F. The lowest BCUT2D eigenvalue weighted by Gasteiger charge is -2.29. The van der Waals surface area contributed by atoms with E-state index >= 15 is 0 Å². The summed E-state index contributed by atoms with van der Waals surface area (Å²) in [6, 6.07) is -1.14. The van der Waals surface area contributed by atoms with Gasteiger partial charge in [-0.1, -0.05) is 0 Å². The Morgan fingerprint density at radius 3 is 2.45 bits per heavy atom. The average molecular weight is 418 g/mol. The highest BCUT2D eigenvalue weighted by Gasteiger charge is 2.38. The monoisotopic (exact) mass is 418 g/mol. The second-order valence-electron chi connectivity index (χ2n) is 6.32. The molecule has 13 heteroatoms. The molecule has 0 radical (unpaired) electrons. The van der Waals surface area contributed by atoms with Crippen LogP contribution in [0, 0.1) is 11.9 Å². The largest absolute Gasteiger partial charge is 0.408 e. The predicted octanol–water partition coefficient (Wildman–Crippen LogP) is 2.28. The van der Waals surface area contributed by atoms with Crippen LogP contribution >= 0.6 is 0 Å². The molecule has 3 heterocycles. The molecule has 0 saturated carbocycles. The molecule has 29 heavy (non-hydrogen) atoms. The first-order chi connectivity index (χ1) is 13.5. The van der Waals surface area contributed by atoms with Gasteiger partial charge in [0.25, 0.3) is 5.91 Å². The maximum Gasteiger partial charge on any atom is 0.408 e. The molecular formula is C16H15F5N6O2. The van der Waals surface area contributed by atoms with E-state index in [4.69, 9.17) is 0 Å². The third-order valence-electron chi connectivity index (χ3n) is 4.25. The number of carbonyl (C=O) groups excluding carboxylic acids is 2. The van der Waals surface area contributed by atoms with E-state index in [-0.39, 0.29) is 36.7 Å². The number of alkyl halides is 3. The van der Waals surface area contributed by atoms with Crippen LogP contribution in [0.1, 0.15) is 23.1 Å². The molecule has 0 aliphatic carbocycles. The first-order valence-electron chi connectivity index (χ1n) is 8.35. The van der Waals surface area contributed by atoms with Crippen LogP contribution in [0.4, 0.5) is 32.4 Å². The Hall–Kier alpha value is -3.25. The van der Waals surface area contributed by atoms with Gasteiger partial charge in [0, 0.05) is 25.2 Å². The Kier molecular flexibility index (Phi) is 5.40. The molecule has 0 bridgehead atoms. The van der Waals surface area contributed by atoms with E-state index in [2.05, 4.69) is 15.3 Å². The predicted molar refractivity (Wildman–Crippen MR) is 88.8 cm³/mol. The van der Waals surface area contributed by atoms with Gasteiger partial charge in [-0.05, 0) is 6.92 Å². The number of nitrogens with one attached hydrogen (secondary N) is 2. The van der Waals surface area contributed by atoms with Gasteiger partial charge in [0.15, 0.2) is 5.69 Å². The van der Waals surface area contributed by atoms with Crippen molar-refractivity contribution in [3.8, 4) is 0 Å². The summed E-state index contributed by atoms with van der Waals surface area (Å²) < 4.78 is 65.8. The number of anilines is 1. The Morgan fingerprint density at radius 1 is 1.17 bits per heavy atom. The second-order valence-corrected chi connectivity index (χ2v) is 6.32. The highest BCUT2D eigenvalue weighted by Crippen LogP contribution is 2.22. The van der Waals surface area contributed by atoms with Crippen molar-refractivity contribution in [2.75, 3.05) is 11.9 Å². The quantitative estimate of drug-likeness (QED) is 0.591. The number of pyridine rings is 1. The van der Waals surface area contributed by atoms with E-state index in [0.717, 1.165) is 19.1 Å². The van der Waals surface area contributed by atoms with Gasteiger partial charge < -0.3 is 20.1 Å². The first kappa shape index (κ1) is 20.5. The van der Waals surface area contributed by atoms with Crippen LogP contribution in [0.3, 0.4) is 0 Å². The average Bonchev–Trinajstić information content (AvgIpc) is 3.03. The normalized spacial score (nSPS) is 14.9. The van der Waals surface area contributed by atoms with Crippen LogP contribution in [-0.4, -0.2) is 50.1 Å². The lowest BCUT2D eigenvalue weighted by atomic mass is 10.2. The first-order valence-corrected chi connectivity index (χ1v) is 8.35. The molecule has 156 valence electrons. The molecule has 0 spiro atoms. The Labute approximate surface area is 160 Å². The molecule has 2 aromatic heterocycles. The number of urea groups is 1. The van der Waals surface area contributed by atoms with E-state index in [1.165, 1.54) is 11.2 Å². The molecule has 0 saturated heterocycles. The zero-order valence-corrected chi connectivity index (χ0v) is 14.9. The fraction of sp³-hybridized carbons (Fsp3) is 0.375. The van der Waals surface area contributed by atoms with Crippen LogP contribution < -0.4 is 10.6 Å². The van der Waals surface area contributed by atoms with Gasteiger partial charge in [-0.2, -0.15) is 26.9 Å². The molecular weight excluding hydrogens is 403 g/mol. The number of rotatable bonds is 3. The number of amides is 3.